The summed E-state index contributed by atoms with van der Waals surface area (Å²) in [6.07, 6.45) is 1.69. The second kappa shape index (κ2) is 4.18. The summed E-state index contributed by atoms with van der Waals surface area (Å²) < 4.78 is 0. The van der Waals surface area contributed by atoms with Crippen LogP contribution >= 0.6 is 0 Å². The van der Waals surface area contributed by atoms with Crippen LogP contribution in [0.15, 0.2) is 36.5 Å². The molecule has 0 fully saturated rings. The van der Waals surface area contributed by atoms with E-state index in [1.54, 1.807) is 6.20 Å². The highest BCUT2D eigenvalue weighted by Crippen LogP contribution is 2.26. The van der Waals surface area contributed by atoms with Gasteiger partial charge in [0.1, 0.15) is 5.82 Å². The number of nitrogens with zero attached hydrogens (tertiary/aromatic N) is 2. The number of nitrogens with two attached hydrogens (primary N) is 2. The molecule has 2 aromatic rings. The summed E-state index contributed by atoms with van der Waals surface area (Å²) in [6.45, 7) is 2.07. The molecule has 0 unspecified atom stereocenters. The lowest BCUT2D eigenvalue weighted by Gasteiger charge is -2.13. The summed E-state index contributed by atoms with van der Waals surface area (Å²) in [5, 5.41) is 0. The highest BCUT2D eigenvalue weighted by Gasteiger charge is 2.12. The maximum Gasteiger partial charge on any atom is 0.221 e. The molecule has 0 aliphatic carbocycles. The van der Waals surface area contributed by atoms with Gasteiger partial charge in [0, 0.05) is 17.7 Å². The lowest BCUT2D eigenvalue weighted by molar-refractivity contribution is 0.903. The minimum Gasteiger partial charge on any atom is -0.383 e. The zero-order valence-corrected chi connectivity index (χ0v) is 9.09. The Morgan fingerprint density at radius 1 is 1.12 bits per heavy atom. The van der Waals surface area contributed by atoms with Gasteiger partial charge in [-0.1, -0.05) is 37.3 Å². The van der Waals surface area contributed by atoms with Gasteiger partial charge >= 0.3 is 0 Å². The molecule has 1 atom stereocenters. The van der Waals surface area contributed by atoms with Gasteiger partial charge in [-0.25, -0.2) is 4.98 Å². The van der Waals surface area contributed by atoms with Gasteiger partial charge in [-0.3, -0.25) is 0 Å². The van der Waals surface area contributed by atoms with E-state index in [1.807, 2.05) is 18.2 Å². The Bertz CT molecular complexity index is 482. The molecule has 0 saturated heterocycles. The standard InChI is InChI=1S/C12H14N4/c1-8(9-5-3-2-4-6-9)10-7-15-12(14)16-11(10)13/h2-8H,1H3,(H4,13,14,15,16)/t8-/m1/s1. The van der Waals surface area contributed by atoms with Gasteiger partial charge in [0.15, 0.2) is 0 Å². The van der Waals surface area contributed by atoms with E-state index in [4.69, 9.17) is 11.5 Å². The van der Waals surface area contributed by atoms with Crippen molar-refractivity contribution in [2.24, 2.45) is 0 Å². The molecule has 82 valence electrons. The van der Waals surface area contributed by atoms with Crippen LogP contribution in [0.2, 0.25) is 0 Å². The summed E-state index contributed by atoms with van der Waals surface area (Å²) in [7, 11) is 0. The number of aromatic nitrogens is 2. The van der Waals surface area contributed by atoms with Crippen LogP contribution in [0.1, 0.15) is 24.0 Å². The fourth-order valence-corrected chi connectivity index (χ4v) is 1.67. The second-order valence-electron chi connectivity index (χ2n) is 3.70. The van der Waals surface area contributed by atoms with Gasteiger partial charge in [0.2, 0.25) is 5.95 Å². The molecule has 0 saturated carbocycles. The summed E-state index contributed by atoms with van der Waals surface area (Å²) in [5.74, 6) is 0.826. The molecule has 0 bridgehead atoms. The van der Waals surface area contributed by atoms with Crippen molar-refractivity contribution in [2.45, 2.75) is 12.8 Å². The van der Waals surface area contributed by atoms with E-state index in [-0.39, 0.29) is 11.9 Å². The lowest BCUT2D eigenvalue weighted by Crippen LogP contribution is -2.06. The molecule has 16 heavy (non-hydrogen) atoms. The van der Waals surface area contributed by atoms with Gasteiger partial charge in [0.05, 0.1) is 0 Å². The Labute approximate surface area is 94.3 Å². The van der Waals surface area contributed by atoms with Crippen LogP contribution in [0.3, 0.4) is 0 Å². The van der Waals surface area contributed by atoms with Crippen molar-refractivity contribution in [1.29, 1.82) is 0 Å². The summed E-state index contributed by atoms with van der Waals surface area (Å²) in [4.78, 5) is 7.94. The molecule has 0 aliphatic heterocycles. The van der Waals surface area contributed by atoms with Crippen LogP contribution in [0.4, 0.5) is 11.8 Å². The predicted molar refractivity (Wildman–Crippen MR) is 64.8 cm³/mol. The van der Waals surface area contributed by atoms with E-state index in [2.05, 4.69) is 29.0 Å². The first-order valence-corrected chi connectivity index (χ1v) is 5.11. The summed E-state index contributed by atoms with van der Waals surface area (Å²) in [5.41, 5.74) is 13.4. The highest BCUT2D eigenvalue weighted by molar-refractivity contribution is 5.46. The number of hydrogen-bond donors (Lipinski definition) is 2. The zero-order valence-electron chi connectivity index (χ0n) is 9.09. The summed E-state index contributed by atoms with van der Waals surface area (Å²) >= 11 is 0. The number of hydrogen-bond acceptors (Lipinski definition) is 4. The van der Waals surface area contributed by atoms with Crippen molar-refractivity contribution in [3.05, 3.63) is 47.7 Å². The van der Waals surface area contributed by atoms with Gasteiger partial charge in [0.25, 0.3) is 0 Å². The molecule has 0 aliphatic rings. The van der Waals surface area contributed by atoms with Gasteiger partial charge in [-0.2, -0.15) is 4.98 Å². The van der Waals surface area contributed by atoms with E-state index < -0.39 is 0 Å². The van der Waals surface area contributed by atoms with Crippen molar-refractivity contribution in [3.8, 4) is 0 Å². The average Bonchev–Trinajstić information content (AvgIpc) is 2.29. The van der Waals surface area contributed by atoms with Crippen LogP contribution in [-0.2, 0) is 0 Å². The predicted octanol–water partition coefficient (Wildman–Crippen LogP) is 1.79. The zero-order chi connectivity index (χ0) is 11.5. The molecule has 0 spiro atoms. The fourth-order valence-electron chi connectivity index (χ4n) is 1.67. The van der Waals surface area contributed by atoms with Crippen molar-refractivity contribution < 1.29 is 0 Å². The molecule has 4 heteroatoms. The third kappa shape index (κ3) is 1.95. The molecular weight excluding hydrogens is 200 g/mol. The number of nitrogen functional groups attached to an aromatic ring is 2. The average molecular weight is 214 g/mol. The van der Waals surface area contributed by atoms with Crippen LogP contribution < -0.4 is 11.5 Å². The Hall–Kier alpha value is -2.10. The maximum absolute atomic E-state index is 5.83. The van der Waals surface area contributed by atoms with Gasteiger partial charge in [-0.15, -0.1) is 0 Å². The van der Waals surface area contributed by atoms with Crippen LogP contribution in [0.25, 0.3) is 0 Å². The van der Waals surface area contributed by atoms with E-state index in [0.29, 0.717) is 5.82 Å². The Balaban J connectivity index is 2.38. The van der Waals surface area contributed by atoms with Crippen molar-refractivity contribution in [1.82, 2.24) is 9.97 Å². The minimum atomic E-state index is 0.168. The lowest BCUT2D eigenvalue weighted by atomic mass is 9.95. The van der Waals surface area contributed by atoms with Crippen molar-refractivity contribution in [3.63, 3.8) is 0 Å². The second-order valence-corrected chi connectivity index (χ2v) is 3.70. The van der Waals surface area contributed by atoms with E-state index in [1.165, 1.54) is 5.56 Å². The molecule has 1 heterocycles. The van der Waals surface area contributed by atoms with E-state index in [0.717, 1.165) is 5.56 Å². The van der Waals surface area contributed by atoms with E-state index in [9.17, 15) is 0 Å². The van der Waals surface area contributed by atoms with Gasteiger partial charge in [-0.05, 0) is 5.56 Å². The maximum atomic E-state index is 5.83. The first kappa shape index (κ1) is 10.4. The van der Waals surface area contributed by atoms with Crippen molar-refractivity contribution in [2.75, 3.05) is 11.5 Å². The Morgan fingerprint density at radius 2 is 1.81 bits per heavy atom. The third-order valence-electron chi connectivity index (χ3n) is 2.63. The largest absolute Gasteiger partial charge is 0.383 e. The number of anilines is 2. The highest BCUT2D eigenvalue weighted by atomic mass is 15.0. The SMILES string of the molecule is C[C@H](c1ccccc1)c1cnc(N)nc1N. The molecule has 1 aromatic carbocycles. The van der Waals surface area contributed by atoms with Gasteiger partial charge < -0.3 is 11.5 Å². The van der Waals surface area contributed by atoms with Crippen LogP contribution in [0, 0.1) is 0 Å². The number of benzene rings is 1. The van der Waals surface area contributed by atoms with Crippen molar-refractivity contribution >= 4 is 11.8 Å². The molecule has 0 amide bonds. The topological polar surface area (TPSA) is 77.8 Å². The molecule has 4 N–H and O–H groups in total. The smallest absolute Gasteiger partial charge is 0.221 e. The van der Waals surface area contributed by atoms with Crippen LogP contribution in [-0.4, -0.2) is 9.97 Å². The number of rotatable bonds is 2. The van der Waals surface area contributed by atoms with E-state index >= 15 is 0 Å². The Morgan fingerprint density at radius 3 is 2.44 bits per heavy atom. The first-order valence-electron chi connectivity index (χ1n) is 5.11. The monoisotopic (exact) mass is 214 g/mol. The first-order chi connectivity index (χ1) is 7.68. The normalized spacial score (nSPS) is 12.3. The molecular formula is C12H14N4. The molecule has 2 rings (SSSR count). The summed E-state index contributed by atoms with van der Waals surface area (Å²) in [6, 6.07) is 10.1. The molecule has 1 aromatic heterocycles. The Kier molecular flexibility index (Phi) is 2.72. The van der Waals surface area contributed by atoms with Crippen LogP contribution in [0.5, 0.6) is 0 Å². The quantitative estimate of drug-likeness (QED) is 0.799. The minimum absolute atomic E-state index is 0.168. The molecule has 0 radical (unpaired) electrons. The molecule has 4 nitrogen and oxygen atoms in total. The fraction of sp³-hybridized carbons (Fsp3) is 0.167. The third-order valence-corrected chi connectivity index (χ3v) is 2.63.